The third-order valence-electron chi connectivity index (χ3n) is 2.64. The van der Waals surface area contributed by atoms with Gasteiger partial charge in [-0.05, 0) is 31.9 Å². The van der Waals surface area contributed by atoms with Crippen LogP contribution in [0.3, 0.4) is 0 Å². The van der Waals surface area contributed by atoms with Crippen molar-refractivity contribution in [1.29, 1.82) is 0 Å². The largest absolute Gasteiger partial charge is 0.469 e. The van der Waals surface area contributed by atoms with E-state index >= 15 is 0 Å². The summed E-state index contributed by atoms with van der Waals surface area (Å²) in [5.74, 6) is -0.339. The molecule has 0 fully saturated rings. The fourth-order valence-electron chi connectivity index (χ4n) is 1.56. The molecule has 0 unspecified atom stereocenters. The lowest BCUT2D eigenvalue weighted by molar-refractivity contribution is -0.139. The van der Waals surface area contributed by atoms with Gasteiger partial charge >= 0.3 is 5.97 Å². The van der Waals surface area contributed by atoms with Crippen LogP contribution in [0.2, 0.25) is 0 Å². The molecule has 0 amide bonds. The van der Waals surface area contributed by atoms with Gasteiger partial charge in [-0.15, -0.1) is 11.3 Å². The Morgan fingerprint density at radius 3 is 2.89 bits per heavy atom. The molecule has 4 nitrogen and oxygen atoms in total. The van der Waals surface area contributed by atoms with Gasteiger partial charge in [0.25, 0.3) is 0 Å². The number of aliphatic hydroxyl groups is 1. The number of methoxy groups -OCH3 is 1. The first-order valence-electron chi connectivity index (χ1n) is 5.94. The van der Waals surface area contributed by atoms with Gasteiger partial charge in [-0.2, -0.15) is 0 Å². The summed E-state index contributed by atoms with van der Waals surface area (Å²) in [5, 5.41) is 13.0. The highest BCUT2D eigenvalue weighted by Gasteiger charge is 2.12. The lowest BCUT2D eigenvalue weighted by Gasteiger charge is -2.12. The maximum Gasteiger partial charge on any atom is 0.309 e. The third-order valence-corrected chi connectivity index (χ3v) is 3.43. The lowest BCUT2D eigenvalue weighted by atomic mass is 10.0. The molecule has 0 aliphatic rings. The first kappa shape index (κ1) is 15.6. The van der Waals surface area contributed by atoms with Gasteiger partial charge in [0.1, 0.15) is 0 Å². The lowest BCUT2D eigenvalue weighted by Crippen LogP contribution is -2.11. The first-order chi connectivity index (χ1) is 8.92. The van der Waals surface area contributed by atoms with E-state index < -0.39 is 6.10 Å². The van der Waals surface area contributed by atoms with Crippen molar-refractivity contribution >= 4 is 23.4 Å². The number of hydrogen-bond acceptors (Lipinski definition) is 5. The van der Waals surface area contributed by atoms with Crippen molar-refractivity contribution in [1.82, 2.24) is 4.98 Å². The third kappa shape index (κ3) is 5.36. The smallest absolute Gasteiger partial charge is 0.309 e. The number of carbonyl (C=O) groups is 1. The van der Waals surface area contributed by atoms with E-state index in [2.05, 4.69) is 16.3 Å². The highest BCUT2D eigenvalue weighted by atomic mass is 32.1. The summed E-state index contributed by atoms with van der Waals surface area (Å²) < 4.78 is 4.56. The molecule has 0 saturated heterocycles. The van der Waals surface area contributed by atoms with Crippen LogP contribution in [-0.4, -0.2) is 29.3 Å². The minimum absolute atomic E-state index is 0.136. The second-order valence-corrected chi connectivity index (χ2v) is 5.46. The quantitative estimate of drug-likeness (QED) is 0.643. The number of nitrogens with zero attached hydrogens (tertiary/aromatic N) is 1. The summed E-state index contributed by atoms with van der Waals surface area (Å²) >= 11 is 1.57. The van der Waals surface area contributed by atoms with Crippen molar-refractivity contribution in [2.24, 2.45) is 0 Å². The number of ether oxygens (including phenoxy) is 1. The van der Waals surface area contributed by atoms with Gasteiger partial charge in [0.15, 0.2) is 0 Å². The minimum atomic E-state index is -0.654. The molecule has 0 radical (unpaired) electrons. The second-order valence-electron chi connectivity index (χ2n) is 4.40. The van der Waals surface area contributed by atoms with Gasteiger partial charge < -0.3 is 9.84 Å². The molecule has 1 aromatic rings. The van der Waals surface area contributed by atoms with E-state index in [0.717, 1.165) is 16.3 Å². The van der Waals surface area contributed by atoms with Crippen LogP contribution in [0.15, 0.2) is 23.1 Å². The maximum atomic E-state index is 11.1. The van der Waals surface area contributed by atoms with E-state index in [9.17, 15) is 9.90 Å². The van der Waals surface area contributed by atoms with Crippen molar-refractivity contribution in [2.45, 2.75) is 32.8 Å². The molecule has 0 spiro atoms. The Hall–Kier alpha value is -1.46. The molecule has 1 N–H and O–H groups in total. The normalized spacial score (nSPS) is 13.2. The van der Waals surface area contributed by atoms with E-state index in [1.807, 2.05) is 25.3 Å². The summed E-state index contributed by atoms with van der Waals surface area (Å²) in [6, 6.07) is 0. The minimum Gasteiger partial charge on any atom is -0.469 e. The van der Waals surface area contributed by atoms with Gasteiger partial charge in [0, 0.05) is 5.38 Å². The molecule has 1 atom stereocenters. The average Bonchev–Trinajstić information content (AvgIpc) is 2.74. The Morgan fingerprint density at radius 2 is 2.37 bits per heavy atom. The first-order valence-corrected chi connectivity index (χ1v) is 6.82. The maximum absolute atomic E-state index is 11.1. The monoisotopic (exact) mass is 281 g/mol. The molecule has 0 aliphatic heterocycles. The molecule has 0 aromatic carbocycles. The standard InChI is InChI=1S/C14H19NO3S/c1-9(6-14(17)18-4)5-13(16)10(2)7-12-8-19-11(3)15-12/h7-8,13,16H,1,5-6H2,2-4H3/b10-7+/t13-/m0/s1. The van der Waals surface area contributed by atoms with Crippen LogP contribution in [-0.2, 0) is 9.53 Å². The van der Waals surface area contributed by atoms with Gasteiger partial charge in [-0.1, -0.05) is 12.2 Å². The summed E-state index contributed by atoms with van der Waals surface area (Å²) in [5.41, 5.74) is 2.30. The van der Waals surface area contributed by atoms with Crippen molar-refractivity contribution in [3.63, 3.8) is 0 Å². The van der Waals surface area contributed by atoms with Gasteiger partial charge in [0.05, 0.1) is 30.3 Å². The predicted octanol–water partition coefficient (Wildman–Crippen LogP) is 2.73. The fourth-order valence-corrected chi connectivity index (χ4v) is 2.13. The summed E-state index contributed by atoms with van der Waals surface area (Å²) in [6.45, 7) is 7.55. The van der Waals surface area contributed by atoms with Crippen LogP contribution in [0.4, 0.5) is 0 Å². The van der Waals surface area contributed by atoms with Crippen LogP contribution >= 0.6 is 11.3 Å². The highest BCUT2D eigenvalue weighted by Crippen LogP contribution is 2.18. The van der Waals surface area contributed by atoms with Crippen LogP contribution in [0, 0.1) is 6.92 Å². The average molecular weight is 281 g/mol. The van der Waals surface area contributed by atoms with E-state index in [0.29, 0.717) is 12.0 Å². The summed E-state index contributed by atoms with van der Waals surface area (Å²) in [7, 11) is 1.34. The Morgan fingerprint density at radius 1 is 1.68 bits per heavy atom. The zero-order chi connectivity index (χ0) is 14.4. The number of carbonyl (C=O) groups excluding carboxylic acids is 1. The number of esters is 1. The Balaban J connectivity index is 2.57. The van der Waals surface area contributed by atoms with E-state index in [-0.39, 0.29) is 12.4 Å². The number of aryl methyl sites for hydroxylation is 1. The van der Waals surface area contributed by atoms with Crippen LogP contribution in [0.1, 0.15) is 30.5 Å². The number of hydrogen-bond donors (Lipinski definition) is 1. The topological polar surface area (TPSA) is 59.4 Å². The van der Waals surface area contributed by atoms with Crippen molar-refractivity contribution < 1.29 is 14.6 Å². The molecule has 1 heterocycles. The molecular formula is C14H19NO3S. The number of aliphatic hydroxyl groups excluding tert-OH is 1. The van der Waals surface area contributed by atoms with E-state index in [1.54, 1.807) is 11.3 Å². The molecule has 19 heavy (non-hydrogen) atoms. The Kier molecular flexibility index (Phi) is 5.92. The van der Waals surface area contributed by atoms with Crippen LogP contribution < -0.4 is 0 Å². The molecule has 0 bridgehead atoms. The van der Waals surface area contributed by atoms with Gasteiger partial charge in [-0.25, -0.2) is 4.98 Å². The molecule has 1 rings (SSSR count). The number of aromatic nitrogens is 1. The fraction of sp³-hybridized carbons (Fsp3) is 0.429. The van der Waals surface area contributed by atoms with E-state index in [4.69, 9.17) is 0 Å². The Bertz CT molecular complexity index is 491. The Labute approximate surface area is 117 Å². The van der Waals surface area contributed by atoms with Crippen LogP contribution in [0.5, 0.6) is 0 Å². The molecule has 1 aromatic heterocycles. The molecule has 0 saturated carbocycles. The van der Waals surface area contributed by atoms with Crippen molar-refractivity contribution in [2.75, 3.05) is 7.11 Å². The second kappa shape index (κ2) is 7.21. The van der Waals surface area contributed by atoms with Gasteiger partial charge in [0.2, 0.25) is 0 Å². The van der Waals surface area contributed by atoms with E-state index in [1.165, 1.54) is 7.11 Å². The van der Waals surface area contributed by atoms with Gasteiger partial charge in [-0.3, -0.25) is 4.79 Å². The SMILES string of the molecule is C=C(CC(=O)OC)C[C@H](O)/C(C)=C/c1csc(C)n1. The summed E-state index contributed by atoms with van der Waals surface area (Å²) in [4.78, 5) is 15.4. The molecule has 5 heteroatoms. The summed E-state index contributed by atoms with van der Waals surface area (Å²) in [6.07, 6.45) is 1.68. The van der Waals surface area contributed by atoms with Crippen molar-refractivity contribution in [3.8, 4) is 0 Å². The number of thiazole rings is 1. The zero-order valence-electron chi connectivity index (χ0n) is 11.5. The molecular weight excluding hydrogens is 262 g/mol. The zero-order valence-corrected chi connectivity index (χ0v) is 12.3. The number of rotatable bonds is 6. The predicted molar refractivity (Wildman–Crippen MR) is 76.9 cm³/mol. The highest BCUT2D eigenvalue weighted by molar-refractivity contribution is 7.09. The van der Waals surface area contributed by atoms with Crippen LogP contribution in [0.25, 0.3) is 6.08 Å². The van der Waals surface area contributed by atoms with Crippen molar-refractivity contribution in [3.05, 3.63) is 33.8 Å². The molecule has 104 valence electrons. The molecule has 0 aliphatic carbocycles.